The Morgan fingerprint density at radius 2 is 1.81 bits per heavy atom. The van der Waals surface area contributed by atoms with Crippen molar-refractivity contribution in [2.45, 2.75) is 53.0 Å². The summed E-state index contributed by atoms with van der Waals surface area (Å²) in [5.41, 5.74) is 6.31. The lowest BCUT2D eigenvalue weighted by molar-refractivity contribution is -0.135. The first kappa shape index (κ1) is 13.5. The van der Waals surface area contributed by atoms with Gasteiger partial charge in [0.2, 0.25) is 5.91 Å². The van der Waals surface area contributed by atoms with E-state index in [-0.39, 0.29) is 11.9 Å². The molecule has 1 fully saturated rings. The number of hydrogen-bond donors (Lipinski definition) is 1. The van der Waals surface area contributed by atoms with Gasteiger partial charge in [0.05, 0.1) is 6.04 Å². The van der Waals surface area contributed by atoms with E-state index in [2.05, 4.69) is 27.7 Å². The molecule has 0 aromatic carbocycles. The van der Waals surface area contributed by atoms with Crippen LogP contribution in [0.5, 0.6) is 0 Å². The lowest BCUT2D eigenvalue weighted by atomic mass is 9.82. The molecule has 16 heavy (non-hydrogen) atoms. The van der Waals surface area contributed by atoms with Crippen LogP contribution in [-0.4, -0.2) is 29.9 Å². The van der Waals surface area contributed by atoms with Gasteiger partial charge >= 0.3 is 0 Å². The van der Waals surface area contributed by atoms with Gasteiger partial charge in [-0.2, -0.15) is 0 Å². The topological polar surface area (TPSA) is 46.3 Å². The Morgan fingerprint density at radius 1 is 1.31 bits per heavy atom. The summed E-state index contributed by atoms with van der Waals surface area (Å²) in [5, 5.41) is 0. The summed E-state index contributed by atoms with van der Waals surface area (Å²) in [7, 11) is 0. The van der Waals surface area contributed by atoms with Crippen LogP contribution in [0.25, 0.3) is 0 Å². The highest BCUT2D eigenvalue weighted by molar-refractivity contribution is 5.81. The van der Waals surface area contributed by atoms with Gasteiger partial charge in [-0.15, -0.1) is 0 Å². The monoisotopic (exact) mass is 226 g/mol. The molecule has 0 aromatic heterocycles. The minimum absolute atomic E-state index is 0.143. The predicted molar refractivity (Wildman–Crippen MR) is 67.0 cm³/mol. The number of carbonyl (C=O) groups excluding carboxylic acids is 1. The predicted octanol–water partition coefficient (Wildman–Crippen LogP) is 2.01. The average molecular weight is 226 g/mol. The third-order valence-electron chi connectivity index (χ3n) is 3.47. The first-order chi connectivity index (χ1) is 7.32. The fraction of sp³-hybridized carbons (Fsp3) is 0.923. The average Bonchev–Trinajstić information content (AvgIpc) is 2.15. The second-order valence-corrected chi connectivity index (χ2v) is 6.23. The van der Waals surface area contributed by atoms with Crippen molar-refractivity contribution in [2.75, 3.05) is 13.1 Å². The summed E-state index contributed by atoms with van der Waals surface area (Å²) < 4.78 is 0. The molecule has 1 heterocycles. The summed E-state index contributed by atoms with van der Waals surface area (Å²) in [6.45, 7) is 10.5. The molecule has 3 nitrogen and oxygen atoms in total. The number of piperidine rings is 1. The fourth-order valence-electron chi connectivity index (χ4n) is 2.18. The highest BCUT2D eigenvalue weighted by atomic mass is 16.2. The Labute approximate surface area is 99.4 Å². The number of likely N-dealkylation sites (tertiary alicyclic amines) is 1. The normalized spacial score (nSPS) is 22.2. The summed E-state index contributed by atoms with van der Waals surface area (Å²) in [4.78, 5) is 14.0. The van der Waals surface area contributed by atoms with Crippen molar-refractivity contribution in [1.82, 2.24) is 4.90 Å². The van der Waals surface area contributed by atoms with Gasteiger partial charge < -0.3 is 10.6 Å². The van der Waals surface area contributed by atoms with Gasteiger partial charge in [-0.05, 0) is 30.6 Å². The zero-order chi connectivity index (χ0) is 12.3. The highest BCUT2D eigenvalue weighted by Crippen LogP contribution is 2.29. The van der Waals surface area contributed by atoms with Crippen molar-refractivity contribution in [3.8, 4) is 0 Å². The van der Waals surface area contributed by atoms with Gasteiger partial charge in [0.1, 0.15) is 0 Å². The molecule has 0 saturated carbocycles. The quantitative estimate of drug-likeness (QED) is 0.800. The van der Waals surface area contributed by atoms with Gasteiger partial charge in [-0.25, -0.2) is 0 Å². The lowest BCUT2D eigenvalue weighted by Crippen LogP contribution is -2.48. The van der Waals surface area contributed by atoms with Crippen molar-refractivity contribution in [3.05, 3.63) is 0 Å². The summed E-state index contributed by atoms with van der Waals surface area (Å²) >= 11 is 0. The van der Waals surface area contributed by atoms with E-state index in [1.54, 1.807) is 0 Å². The van der Waals surface area contributed by atoms with E-state index < -0.39 is 0 Å². The van der Waals surface area contributed by atoms with E-state index in [9.17, 15) is 4.79 Å². The van der Waals surface area contributed by atoms with Crippen LogP contribution in [0, 0.1) is 11.3 Å². The van der Waals surface area contributed by atoms with Crippen LogP contribution in [-0.2, 0) is 4.79 Å². The van der Waals surface area contributed by atoms with Crippen LogP contribution in [0.2, 0.25) is 0 Å². The molecule has 0 bridgehead atoms. The molecule has 0 aliphatic carbocycles. The number of hydrogen-bond acceptors (Lipinski definition) is 2. The molecule has 2 N–H and O–H groups in total. The first-order valence-electron chi connectivity index (χ1n) is 6.36. The van der Waals surface area contributed by atoms with Crippen LogP contribution < -0.4 is 5.73 Å². The third kappa shape index (κ3) is 3.78. The van der Waals surface area contributed by atoms with Crippen molar-refractivity contribution < 1.29 is 4.79 Å². The number of nitrogens with two attached hydrogens (primary N) is 1. The van der Waals surface area contributed by atoms with Crippen LogP contribution >= 0.6 is 0 Å². The maximum atomic E-state index is 12.0. The molecule has 0 radical (unpaired) electrons. The zero-order valence-corrected chi connectivity index (χ0v) is 11.1. The molecule has 1 saturated heterocycles. The molecule has 3 heteroatoms. The molecule has 1 amide bonds. The molecule has 1 atom stereocenters. The summed E-state index contributed by atoms with van der Waals surface area (Å²) in [6, 6.07) is -0.304. The van der Waals surface area contributed by atoms with Gasteiger partial charge in [0.15, 0.2) is 0 Å². The Bertz CT molecular complexity index is 238. The number of carbonyl (C=O) groups is 1. The fourth-order valence-corrected chi connectivity index (χ4v) is 2.18. The Kier molecular flexibility index (Phi) is 4.36. The lowest BCUT2D eigenvalue weighted by Gasteiger charge is -2.38. The van der Waals surface area contributed by atoms with Crippen LogP contribution in [0.15, 0.2) is 0 Å². The van der Waals surface area contributed by atoms with E-state index >= 15 is 0 Å². The van der Waals surface area contributed by atoms with Crippen LogP contribution in [0.4, 0.5) is 0 Å². The van der Waals surface area contributed by atoms with Crippen molar-refractivity contribution in [3.63, 3.8) is 0 Å². The highest BCUT2D eigenvalue weighted by Gasteiger charge is 2.30. The third-order valence-corrected chi connectivity index (χ3v) is 3.47. The van der Waals surface area contributed by atoms with E-state index in [0.717, 1.165) is 32.4 Å². The van der Waals surface area contributed by atoms with Crippen LogP contribution in [0.1, 0.15) is 47.0 Å². The molecule has 0 aromatic rings. The van der Waals surface area contributed by atoms with Gasteiger partial charge in [0, 0.05) is 13.1 Å². The maximum Gasteiger partial charge on any atom is 0.239 e. The molecule has 94 valence electrons. The molecule has 1 aliphatic rings. The molecule has 1 rings (SSSR count). The second kappa shape index (κ2) is 5.17. The number of amides is 1. The molecule has 1 aliphatic heterocycles. The number of nitrogens with zero attached hydrogens (tertiary/aromatic N) is 1. The first-order valence-corrected chi connectivity index (χ1v) is 6.36. The molecular weight excluding hydrogens is 200 g/mol. The van der Waals surface area contributed by atoms with E-state index in [1.807, 2.05) is 4.90 Å². The smallest absolute Gasteiger partial charge is 0.239 e. The maximum absolute atomic E-state index is 12.0. The summed E-state index contributed by atoms with van der Waals surface area (Å²) in [6.07, 6.45) is 2.97. The Balaban J connectivity index is 2.44. The summed E-state index contributed by atoms with van der Waals surface area (Å²) in [5.74, 6) is 0.629. The Hall–Kier alpha value is -0.570. The molecule has 0 spiro atoms. The largest absolute Gasteiger partial charge is 0.341 e. The molecular formula is C13H26N2O. The van der Waals surface area contributed by atoms with Crippen molar-refractivity contribution in [2.24, 2.45) is 17.1 Å². The van der Waals surface area contributed by atoms with Crippen molar-refractivity contribution in [1.29, 1.82) is 0 Å². The minimum Gasteiger partial charge on any atom is -0.341 e. The second-order valence-electron chi connectivity index (χ2n) is 6.23. The van der Waals surface area contributed by atoms with E-state index in [0.29, 0.717) is 11.3 Å². The van der Waals surface area contributed by atoms with Crippen LogP contribution in [0.3, 0.4) is 0 Å². The van der Waals surface area contributed by atoms with Gasteiger partial charge in [-0.1, -0.05) is 27.7 Å². The van der Waals surface area contributed by atoms with Gasteiger partial charge in [-0.3, -0.25) is 4.79 Å². The Morgan fingerprint density at radius 3 is 2.25 bits per heavy atom. The van der Waals surface area contributed by atoms with E-state index in [1.165, 1.54) is 0 Å². The zero-order valence-electron chi connectivity index (χ0n) is 11.1. The molecule has 0 unspecified atom stereocenters. The van der Waals surface area contributed by atoms with Gasteiger partial charge in [0.25, 0.3) is 0 Å². The standard InChI is InChI=1S/C13H26N2O/c1-10(2)9-11(14)12(16)15-7-5-13(3,4)6-8-15/h10-11H,5-9,14H2,1-4H3/t11-/m0/s1. The SMILES string of the molecule is CC(C)C[C@H](N)C(=O)N1CCC(C)(C)CC1. The number of rotatable bonds is 3. The minimum atomic E-state index is -0.304. The van der Waals surface area contributed by atoms with Crippen molar-refractivity contribution >= 4 is 5.91 Å². The van der Waals surface area contributed by atoms with E-state index in [4.69, 9.17) is 5.73 Å².